The van der Waals surface area contributed by atoms with Crippen LogP contribution in [0.1, 0.15) is 27.7 Å². The van der Waals surface area contributed by atoms with Gasteiger partial charge in [0.1, 0.15) is 17.5 Å². The molecule has 4 aromatic rings. The van der Waals surface area contributed by atoms with Gasteiger partial charge in [-0.25, -0.2) is 0 Å². The molecule has 0 saturated heterocycles. The fraction of sp³-hybridized carbons (Fsp3) is 0.125. The van der Waals surface area contributed by atoms with Gasteiger partial charge in [-0.05, 0) is 35.9 Å². The summed E-state index contributed by atoms with van der Waals surface area (Å²) in [6.07, 6.45) is 0. The van der Waals surface area contributed by atoms with Gasteiger partial charge in [0.25, 0.3) is 0 Å². The summed E-state index contributed by atoms with van der Waals surface area (Å²) in [4.78, 5) is 13.7. The summed E-state index contributed by atoms with van der Waals surface area (Å²) in [5.41, 5.74) is 3.32. The summed E-state index contributed by atoms with van der Waals surface area (Å²) in [7, 11) is 3.42. The number of aromatic nitrogens is 2. The Labute approximate surface area is 174 Å². The molecule has 1 unspecified atom stereocenters. The molecule has 30 heavy (non-hydrogen) atoms. The van der Waals surface area contributed by atoms with Gasteiger partial charge in [0.15, 0.2) is 0 Å². The number of aryl methyl sites for hydroxylation is 1. The summed E-state index contributed by atoms with van der Waals surface area (Å²) >= 11 is 0. The zero-order valence-electron chi connectivity index (χ0n) is 16.7. The van der Waals surface area contributed by atoms with Crippen LogP contribution in [0.5, 0.6) is 5.75 Å². The molecule has 3 aromatic carbocycles. The van der Waals surface area contributed by atoms with Gasteiger partial charge in [-0.15, -0.1) is 0 Å². The van der Waals surface area contributed by atoms with Crippen LogP contribution in [0.25, 0.3) is 10.9 Å². The Balaban J connectivity index is 1.79. The number of hydrogen-bond donors (Lipinski definition) is 1. The van der Waals surface area contributed by atoms with Crippen molar-refractivity contribution in [3.8, 4) is 11.8 Å². The minimum atomic E-state index is -0.678. The molecule has 0 aliphatic heterocycles. The second kappa shape index (κ2) is 8.10. The van der Waals surface area contributed by atoms with E-state index in [9.17, 15) is 4.79 Å². The number of carbonyl (C=O) groups is 1. The molecule has 4 rings (SSSR count). The van der Waals surface area contributed by atoms with Crippen LogP contribution in [0.4, 0.5) is 5.69 Å². The van der Waals surface area contributed by atoms with E-state index in [1.807, 2.05) is 55.6 Å². The number of para-hydroxylation sites is 1. The van der Waals surface area contributed by atoms with E-state index in [0.29, 0.717) is 17.0 Å². The molecule has 0 amide bonds. The highest BCUT2D eigenvalue weighted by molar-refractivity contribution is 6.09. The fourth-order valence-electron chi connectivity index (χ4n) is 3.46. The lowest BCUT2D eigenvalue weighted by Gasteiger charge is -2.19. The van der Waals surface area contributed by atoms with Gasteiger partial charge in [-0.3, -0.25) is 9.48 Å². The first-order chi connectivity index (χ1) is 14.6. The first kappa shape index (κ1) is 19.2. The molecule has 1 heterocycles. The van der Waals surface area contributed by atoms with Crippen LogP contribution in [0.3, 0.4) is 0 Å². The molecular weight excluding hydrogens is 376 g/mol. The van der Waals surface area contributed by atoms with Crippen LogP contribution in [0.15, 0.2) is 72.8 Å². The number of anilines is 1. The Morgan fingerprint density at radius 1 is 1.10 bits per heavy atom. The number of hydrogen-bond acceptors (Lipinski definition) is 5. The van der Waals surface area contributed by atoms with Crippen LogP contribution in [-0.4, -0.2) is 22.7 Å². The van der Waals surface area contributed by atoms with E-state index in [2.05, 4.69) is 16.5 Å². The first-order valence-corrected chi connectivity index (χ1v) is 9.47. The maximum absolute atomic E-state index is 13.7. The van der Waals surface area contributed by atoms with Crippen LogP contribution < -0.4 is 10.1 Å². The van der Waals surface area contributed by atoms with Gasteiger partial charge in [0.2, 0.25) is 5.78 Å². The van der Waals surface area contributed by atoms with Crippen molar-refractivity contribution in [3.63, 3.8) is 0 Å². The number of ketones is 1. The number of ether oxygens (including phenoxy) is 1. The van der Waals surface area contributed by atoms with Gasteiger partial charge in [-0.1, -0.05) is 36.4 Å². The highest BCUT2D eigenvalue weighted by Gasteiger charge is 2.26. The molecular formula is C24H20N4O2. The molecule has 0 saturated carbocycles. The Kier molecular flexibility index (Phi) is 5.19. The lowest BCUT2D eigenvalue weighted by atomic mass is 9.97. The van der Waals surface area contributed by atoms with Crippen molar-refractivity contribution in [1.82, 2.24) is 9.78 Å². The molecule has 0 fully saturated rings. The number of Topliss-reactive ketones (excluding diaryl/α,β-unsaturated/α-hetero) is 1. The Hall–Kier alpha value is -4.11. The highest BCUT2D eigenvalue weighted by atomic mass is 16.5. The molecule has 0 aliphatic rings. The largest absolute Gasteiger partial charge is 0.497 e. The minimum Gasteiger partial charge on any atom is -0.497 e. The predicted molar refractivity (Wildman–Crippen MR) is 116 cm³/mol. The molecule has 1 aromatic heterocycles. The molecule has 148 valence electrons. The van der Waals surface area contributed by atoms with E-state index in [1.165, 1.54) is 0 Å². The second-order valence-electron chi connectivity index (χ2n) is 6.90. The fourth-order valence-corrected chi connectivity index (χ4v) is 3.46. The van der Waals surface area contributed by atoms with Crippen LogP contribution in [0.2, 0.25) is 0 Å². The normalized spacial score (nSPS) is 11.6. The van der Waals surface area contributed by atoms with Gasteiger partial charge in [0.05, 0.1) is 24.3 Å². The Morgan fingerprint density at radius 2 is 1.87 bits per heavy atom. The van der Waals surface area contributed by atoms with Crippen molar-refractivity contribution in [1.29, 1.82) is 5.26 Å². The lowest BCUT2D eigenvalue weighted by Crippen LogP contribution is -2.22. The van der Waals surface area contributed by atoms with E-state index >= 15 is 0 Å². The quantitative estimate of drug-likeness (QED) is 0.486. The van der Waals surface area contributed by atoms with Crippen molar-refractivity contribution in [2.45, 2.75) is 6.04 Å². The first-order valence-electron chi connectivity index (χ1n) is 9.47. The average Bonchev–Trinajstić information content (AvgIpc) is 3.14. The SMILES string of the molecule is COc1cccc(NC(C(=O)c2nn(C)c3ccccc23)c2ccc(C#N)cc2)c1. The molecule has 6 nitrogen and oxygen atoms in total. The molecule has 0 aliphatic carbocycles. The van der Waals surface area contributed by atoms with Crippen molar-refractivity contribution in [2.24, 2.45) is 7.05 Å². The van der Waals surface area contributed by atoms with Gasteiger partial charge in [-0.2, -0.15) is 10.4 Å². The highest BCUT2D eigenvalue weighted by Crippen LogP contribution is 2.28. The number of benzene rings is 3. The number of fused-ring (bicyclic) bond motifs is 1. The molecule has 0 spiro atoms. The monoisotopic (exact) mass is 396 g/mol. The second-order valence-corrected chi connectivity index (χ2v) is 6.90. The van der Waals surface area contributed by atoms with E-state index in [4.69, 9.17) is 10.00 Å². The average molecular weight is 396 g/mol. The van der Waals surface area contributed by atoms with Crippen LogP contribution >= 0.6 is 0 Å². The summed E-state index contributed by atoms with van der Waals surface area (Å²) in [6, 6.07) is 23.5. The summed E-state index contributed by atoms with van der Waals surface area (Å²) in [5.74, 6) is 0.536. The van der Waals surface area contributed by atoms with E-state index < -0.39 is 6.04 Å². The van der Waals surface area contributed by atoms with Crippen molar-refractivity contribution in [2.75, 3.05) is 12.4 Å². The lowest BCUT2D eigenvalue weighted by molar-refractivity contribution is 0.0965. The molecule has 1 N–H and O–H groups in total. The van der Waals surface area contributed by atoms with Gasteiger partial charge < -0.3 is 10.1 Å². The summed E-state index contributed by atoms with van der Waals surface area (Å²) in [5, 5.41) is 17.7. The topological polar surface area (TPSA) is 79.9 Å². The van der Waals surface area contributed by atoms with E-state index in [1.54, 1.807) is 36.1 Å². The maximum Gasteiger partial charge on any atom is 0.210 e. The summed E-state index contributed by atoms with van der Waals surface area (Å²) < 4.78 is 7.01. The molecule has 6 heteroatoms. The van der Waals surface area contributed by atoms with Crippen molar-refractivity contribution < 1.29 is 9.53 Å². The third-order valence-electron chi connectivity index (χ3n) is 5.01. The number of rotatable bonds is 6. The number of nitrogens with one attached hydrogen (secondary N) is 1. The third kappa shape index (κ3) is 3.61. The van der Waals surface area contributed by atoms with Crippen molar-refractivity contribution in [3.05, 3.63) is 89.6 Å². The molecule has 0 bridgehead atoms. The number of nitriles is 1. The minimum absolute atomic E-state index is 0.153. The van der Waals surface area contributed by atoms with E-state index in [0.717, 1.165) is 22.2 Å². The van der Waals surface area contributed by atoms with Crippen LogP contribution in [-0.2, 0) is 7.05 Å². The number of nitrogens with zero attached hydrogens (tertiary/aromatic N) is 3. The standard InChI is InChI=1S/C24H20N4O2/c1-28-21-9-4-3-8-20(21)23(27-28)24(29)22(17-12-10-16(15-25)11-13-17)26-18-6-5-7-19(14-18)30-2/h3-14,22,26H,1-2H3. The Morgan fingerprint density at radius 3 is 2.60 bits per heavy atom. The summed E-state index contributed by atoms with van der Waals surface area (Å²) in [6.45, 7) is 0. The number of carbonyl (C=O) groups excluding carboxylic acids is 1. The number of methoxy groups -OCH3 is 1. The zero-order valence-corrected chi connectivity index (χ0v) is 16.7. The predicted octanol–water partition coefficient (Wildman–Crippen LogP) is 4.49. The van der Waals surface area contributed by atoms with E-state index in [-0.39, 0.29) is 5.78 Å². The Bertz CT molecular complexity index is 1250. The smallest absolute Gasteiger partial charge is 0.210 e. The van der Waals surface area contributed by atoms with Crippen LogP contribution in [0, 0.1) is 11.3 Å². The molecule has 0 radical (unpaired) electrons. The molecule has 1 atom stereocenters. The van der Waals surface area contributed by atoms with Gasteiger partial charge in [0, 0.05) is 24.2 Å². The van der Waals surface area contributed by atoms with Gasteiger partial charge >= 0.3 is 0 Å². The third-order valence-corrected chi connectivity index (χ3v) is 5.01. The maximum atomic E-state index is 13.7. The van der Waals surface area contributed by atoms with Crippen molar-refractivity contribution >= 4 is 22.4 Å². The zero-order chi connectivity index (χ0) is 21.1.